The molecule has 8 rings (SSSR count). The molecule has 2 aliphatic rings. The third-order valence-corrected chi connectivity index (χ3v) is 11.9. The van der Waals surface area contributed by atoms with E-state index in [0.29, 0.717) is 60.5 Å². The largest absolute Gasteiger partial charge is 0.477 e. The highest BCUT2D eigenvalue weighted by molar-refractivity contribution is 6.30. The average molecular weight is 872 g/mol. The zero-order valence-electron chi connectivity index (χ0n) is 34.8. The summed E-state index contributed by atoms with van der Waals surface area (Å²) in [5.41, 5.74) is 19.9. The van der Waals surface area contributed by atoms with Crippen LogP contribution in [0.2, 0.25) is 10.3 Å². The van der Waals surface area contributed by atoms with Crippen molar-refractivity contribution in [3.8, 4) is 0 Å². The van der Waals surface area contributed by atoms with Crippen molar-refractivity contribution < 1.29 is 14.7 Å². The van der Waals surface area contributed by atoms with Gasteiger partial charge in [0.25, 0.3) is 5.91 Å². The second-order valence-electron chi connectivity index (χ2n) is 15.9. The van der Waals surface area contributed by atoms with E-state index in [9.17, 15) is 9.59 Å². The molecule has 0 bridgehead atoms. The molecule has 6 aromatic rings. The third-order valence-electron chi connectivity index (χ3n) is 11.5. The molecule has 2 saturated heterocycles. The minimum Gasteiger partial charge on any atom is -0.477 e. The molecule has 0 unspecified atom stereocenters. The van der Waals surface area contributed by atoms with Crippen LogP contribution in [0.15, 0.2) is 73.1 Å². The minimum atomic E-state index is -0.974. The van der Waals surface area contributed by atoms with Gasteiger partial charge in [-0.15, -0.1) is 0 Å². The Bertz CT molecular complexity index is 2400. The Balaban J connectivity index is 0.000000170. The van der Waals surface area contributed by atoms with E-state index in [-0.39, 0.29) is 16.8 Å². The van der Waals surface area contributed by atoms with Gasteiger partial charge in [-0.2, -0.15) is 10.2 Å². The quantitative estimate of drug-likeness (QED) is 0.0936. The smallest absolute Gasteiger partial charge is 0.354 e. The fraction of sp³-hybridized carbons (Fsp3) is 0.409. The first-order valence-electron chi connectivity index (χ1n) is 20.7. The maximum Gasteiger partial charge on any atom is 0.354 e. The predicted molar refractivity (Wildman–Crippen MR) is 242 cm³/mol. The number of nitrogen functional groups attached to an aromatic ring is 2. The lowest BCUT2D eigenvalue weighted by Crippen LogP contribution is -2.31. The molecule has 0 atom stereocenters. The van der Waals surface area contributed by atoms with Gasteiger partial charge in [0, 0.05) is 61.5 Å². The van der Waals surface area contributed by atoms with E-state index in [1.807, 2.05) is 48.5 Å². The Hall–Kier alpha value is -5.32. The standard InChI is InChI=1S/C22H27ClN6O.C12H18ClN3O2.C10H11N3/c1-28-9-5-15(6-10-28)7-11-29-19(13-20(23)27-29)22(30)26-14-16-2-3-18-17(12-16)4-8-25-21(18)24;1-15-5-2-9(3-6-15)4-7-16-10(12(17)18)8-11(13)14-16;11-6-7-1-2-9-8(5-7)3-4-13-10(9)12/h2-4,8,12-13,15H,5-7,9-11,14H2,1H3,(H2,24,25)(H,26,30);8-9H,2-7H2,1H3,(H,17,18);1-5H,6,11H2,(H2,12,13). The summed E-state index contributed by atoms with van der Waals surface area (Å²) in [4.78, 5) is 36.6. The Labute approximate surface area is 366 Å². The van der Waals surface area contributed by atoms with Crippen LogP contribution >= 0.6 is 23.2 Å². The van der Waals surface area contributed by atoms with Crippen molar-refractivity contribution in [3.63, 3.8) is 0 Å². The fourth-order valence-electron chi connectivity index (χ4n) is 7.79. The summed E-state index contributed by atoms with van der Waals surface area (Å²) in [7, 11) is 4.29. The van der Waals surface area contributed by atoms with Crippen LogP contribution in [0.5, 0.6) is 0 Å². The fourth-order valence-corrected chi connectivity index (χ4v) is 8.18. The number of carboxylic acids is 1. The Morgan fingerprint density at radius 2 is 1.16 bits per heavy atom. The maximum atomic E-state index is 12.8. The van der Waals surface area contributed by atoms with E-state index in [2.05, 4.69) is 49.4 Å². The lowest BCUT2D eigenvalue weighted by Gasteiger charge is -2.28. The zero-order valence-corrected chi connectivity index (χ0v) is 36.3. The molecule has 4 aromatic heterocycles. The Kier molecular flexibility index (Phi) is 15.9. The van der Waals surface area contributed by atoms with Crippen LogP contribution in [0.4, 0.5) is 11.6 Å². The summed E-state index contributed by atoms with van der Waals surface area (Å²) >= 11 is 11.9. The van der Waals surface area contributed by atoms with Gasteiger partial charge in [0.2, 0.25) is 0 Å². The number of piperidine rings is 2. The molecule has 2 fully saturated rings. The summed E-state index contributed by atoms with van der Waals surface area (Å²) in [6, 6.07) is 18.7. The molecule has 0 spiro atoms. The van der Waals surface area contributed by atoms with Gasteiger partial charge in [0.1, 0.15) is 23.0 Å². The number of aromatic carboxylic acids is 1. The number of pyridine rings is 2. The number of amides is 1. The molecule has 6 heterocycles. The van der Waals surface area contributed by atoms with Crippen molar-refractivity contribution in [1.29, 1.82) is 0 Å². The molecule has 17 heteroatoms. The molecule has 2 aromatic carbocycles. The number of fused-ring (bicyclic) bond motifs is 2. The first-order chi connectivity index (χ1) is 29.4. The third kappa shape index (κ3) is 12.6. The summed E-state index contributed by atoms with van der Waals surface area (Å²) in [5.74, 6) is 1.25. The van der Waals surface area contributed by atoms with Crippen LogP contribution in [0.25, 0.3) is 21.5 Å². The van der Waals surface area contributed by atoms with Crippen molar-refractivity contribution in [2.24, 2.45) is 17.6 Å². The topological polar surface area (TPSA) is 212 Å². The van der Waals surface area contributed by atoms with Crippen LogP contribution < -0.4 is 22.5 Å². The number of aromatic nitrogens is 6. The van der Waals surface area contributed by atoms with Crippen LogP contribution in [0.1, 0.15) is 70.6 Å². The summed E-state index contributed by atoms with van der Waals surface area (Å²) in [6.45, 7) is 6.80. The Morgan fingerprint density at radius 1 is 0.705 bits per heavy atom. The number of carbonyl (C=O) groups is 2. The monoisotopic (exact) mass is 870 g/mol. The highest BCUT2D eigenvalue weighted by Crippen LogP contribution is 2.24. The number of nitrogens with two attached hydrogens (primary N) is 3. The first-order valence-corrected chi connectivity index (χ1v) is 21.4. The molecule has 61 heavy (non-hydrogen) atoms. The van der Waals surface area contributed by atoms with Gasteiger partial charge in [-0.05, 0) is 137 Å². The molecule has 8 N–H and O–H groups in total. The molecule has 15 nitrogen and oxygen atoms in total. The van der Waals surface area contributed by atoms with Crippen molar-refractivity contribution in [3.05, 3.63) is 106 Å². The van der Waals surface area contributed by atoms with Gasteiger partial charge >= 0.3 is 5.97 Å². The molecular weight excluding hydrogens is 815 g/mol. The van der Waals surface area contributed by atoms with E-state index in [1.54, 1.807) is 23.1 Å². The second kappa shape index (κ2) is 21.5. The van der Waals surface area contributed by atoms with Gasteiger partial charge in [-0.1, -0.05) is 47.5 Å². The number of aryl methyl sites for hydroxylation is 2. The average Bonchev–Trinajstić information content (AvgIpc) is 3.84. The van der Waals surface area contributed by atoms with Gasteiger partial charge in [0.05, 0.1) is 0 Å². The number of anilines is 2. The second-order valence-corrected chi connectivity index (χ2v) is 16.7. The normalized spacial score (nSPS) is 15.2. The molecule has 2 aliphatic heterocycles. The van der Waals surface area contributed by atoms with Crippen LogP contribution in [0, 0.1) is 11.8 Å². The Morgan fingerprint density at radius 3 is 1.66 bits per heavy atom. The van der Waals surface area contributed by atoms with Crippen LogP contribution in [0.3, 0.4) is 0 Å². The number of halogens is 2. The lowest BCUT2D eigenvalue weighted by atomic mass is 9.94. The molecule has 1 amide bonds. The van der Waals surface area contributed by atoms with Gasteiger partial charge < -0.3 is 37.4 Å². The van der Waals surface area contributed by atoms with Gasteiger partial charge in [-0.3, -0.25) is 14.2 Å². The lowest BCUT2D eigenvalue weighted by molar-refractivity contribution is 0.0681. The number of likely N-dealkylation sites (tertiary alicyclic amines) is 2. The van der Waals surface area contributed by atoms with E-state index in [4.69, 9.17) is 45.5 Å². The van der Waals surface area contributed by atoms with Crippen molar-refractivity contribution >= 4 is 68.3 Å². The van der Waals surface area contributed by atoms with E-state index < -0.39 is 5.97 Å². The van der Waals surface area contributed by atoms with E-state index in [1.165, 1.54) is 36.4 Å². The van der Waals surface area contributed by atoms with Crippen LogP contribution in [-0.2, 0) is 26.2 Å². The first kappa shape index (κ1) is 45.2. The number of benzene rings is 2. The summed E-state index contributed by atoms with van der Waals surface area (Å²) in [6.07, 6.45) is 10.1. The number of nitrogens with zero attached hydrogens (tertiary/aromatic N) is 8. The molecule has 0 radical (unpaired) electrons. The number of hydrogen-bond donors (Lipinski definition) is 5. The molecule has 0 saturated carbocycles. The van der Waals surface area contributed by atoms with Gasteiger partial charge in [-0.25, -0.2) is 14.8 Å². The summed E-state index contributed by atoms with van der Waals surface area (Å²) < 4.78 is 3.24. The van der Waals surface area contributed by atoms with Crippen LogP contribution in [-0.4, -0.2) is 96.6 Å². The molecular formula is C44H56Cl2N12O3. The van der Waals surface area contributed by atoms with E-state index >= 15 is 0 Å². The maximum absolute atomic E-state index is 12.8. The highest BCUT2D eigenvalue weighted by atomic mass is 35.5. The van der Waals surface area contributed by atoms with E-state index in [0.717, 1.165) is 71.7 Å². The molecule has 324 valence electrons. The van der Waals surface area contributed by atoms with Gasteiger partial charge in [0.15, 0.2) is 10.3 Å². The number of nitrogens with one attached hydrogen (secondary N) is 1. The number of rotatable bonds is 11. The number of carbonyl (C=O) groups excluding carboxylic acids is 1. The highest BCUT2D eigenvalue weighted by Gasteiger charge is 2.21. The number of hydrogen-bond acceptors (Lipinski definition) is 11. The van der Waals surface area contributed by atoms with Crippen molar-refractivity contribution in [1.82, 2.24) is 44.6 Å². The summed E-state index contributed by atoms with van der Waals surface area (Å²) in [5, 5.41) is 24.9. The predicted octanol–water partition coefficient (Wildman–Crippen LogP) is 6.57. The zero-order chi connectivity index (χ0) is 43.5. The van der Waals surface area contributed by atoms with Crippen molar-refractivity contribution in [2.75, 3.05) is 51.7 Å². The SMILES string of the molecule is CN1CCC(CCn2nc(Cl)cc2C(=O)NCc2ccc3c(N)nccc3c2)CC1.CN1CCC(CCn2nc(Cl)cc2C(=O)O)CC1.NCc1ccc2c(N)nccc2c1. The minimum absolute atomic E-state index is 0.174. The number of carboxylic acid groups (broad SMARTS) is 1. The molecule has 0 aliphatic carbocycles. The van der Waals surface area contributed by atoms with Crippen molar-refractivity contribution in [2.45, 2.75) is 64.7 Å².